The molecule has 3 N–H and O–H groups in total. The largest absolute Gasteiger partial charge is 0.411 e. The number of nitrogens with one attached hydrogen (secondary N) is 1. The van der Waals surface area contributed by atoms with E-state index >= 15 is 0 Å². The molecule has 8 heteroatoms. The maximum Gasteiger partial charge on any atom is 0.330 e. The van der Waals surface area contributed by atoms with Crippen LogP contribution in [0.2, 0.25) is 18.1 Å². The summed E-state index contributed by atoms with van der Waals surface area (Å²) in [5.41, 5.74) is 5.39. The van der Waals surface area contributed by atoms with E-state index in [1.165, 1.54) is 4.57 Å². The molecule has 0 spiro atoms. The van der Waals surface area contributed by atoms with E-state index in [0.717, 1.165) is 0 Å². The van der Waals surface area contributed by atoms with Crippen LogP contribution in [0.3, 0.4) is 0 Å². The van der Waals surface area contributed by atoms with Crippen molar-refractivity contribution in [3.8, 4) is 0 Å². The number of aromatic nitrogens is 2. The number of nitrogens with two attached hydrogens (primary N) is 1. The molecule has 1 aliphatic rings. The molecular weight excluding hydrogens is 338 g/mol. The molecule has 0 unspecified atom stereocenters. The summed E-state index contributed by atoms with van der Waals surface area (Å²) >= 11 is 0. The van der Waals surface area contributed by atoms with Gasteiger partial charge in [-0.15, -0.1) is 0 Å². The van der Waals surface area contributed by atoms with Gasteiger partial charge in [0.2, 0.25) is 0 Å². The zero-order valence-electron chi connectivity index (χ0n) is 16.1. The number of rotatable bonds is 5. The maximum atomic E-state index is 12.2. The summed E-state index contributed by atoms with van der Waals surface area (Å²) in [4.78, 5) is 26.1. The van der Waals surface area contributed by atoms with E-state index in [1.54, 1.807) is 13.1 Å². The van der Waals surface area contributed by atoms with Crippen molar-refractivity contribution in [3.63, 3.8) is 0 Å². The minimum absolute atomic E-state index is 0.0871. The van der Waals surface area contributed by atoms with Gasteiger partial charge in [-0.2, -0.15) is 0 Å². The van der Waals surface area contributed by atoms with Crippen LogP contribution >= 0.6 is 0 Å². The van der Waals surface area contributed by atoms with Gasteiger partial charge in [-0.1, -0.05) is 20.8 Å². The molecule has 0 amide bonds. The van der Waals surface area contributed by atoms with Crippen LogP contribution in [-0.2, 0) is 9.16 Å². The Kier molecular flexibility index (Phi) is 5.77. The minimum Gasteiger partial charge on any atom is -0.411 e. The molecule has 2 rings (SSSR count). The van der Waals surface area contributed by atoms with Crippen molar-refractivity contribution < 1.29 is 9.16 Å². The summed E-state index contributed by atoms with van der Waals surface area (Å²) in [6.45, 7) is 13.2. The van der Waals surface area contributed by atoms with Gasteiger partial charge in [-0.3, -0.25) is 14.3 Å². The lowest BCUT2D eigenvalue weighted by molar-refractivity contribution is -0.0209. The van der Waals surface area contributed by atoms with Crippen molar-refractivity contribution in [1.82, 2.24) is 9.55 Å². The van der Waals surface area contributed by atoms with E-state index in [4.69, 9.17) is 14.9 Å². The quantitative estimate of drug-likeness (QED) is 0.772. The van der Waals surface area contributed by atoms with Crippen LogP contribution in [0.15, 0.2) is 15.8 Å². The lowest BCUT2D eigenvalue weighted by atomic mass is 10.1. The molecule has 1 fully saturated rings. The van der Waals surface area contributed by atoms with E-state index in [-0.39, 0.29) is 22.8 Å². The Morgan fingerprint density at radius 1 is 1.40 bits per heavy atom. The molecule has 0 aliphatic carbocycles. The van der Waals surface area contributed by atoms with E-state index in [9.17, 15) is 9.59 Å². The van der Waals surface area contributed by atoms with Crippen LogP contribution in [0.4, 0.5) is 0 Å². The lowest BCUT2D eigenvalue weighted by Crippen LogP contribution is -2.46. The Hall–Kier alpha value is -1.22. The van der Waals surface area contributed by atoms with Crippen LogP contribution in [0.1, 0.15) is 45.4 Å². The molecule has 0 bridgehead atoms. The average molecular weight is 370 g/mol. The zero-order valence-corrected chi connectivity index (χ0v) is 17.1. The summed E-state index contributed by atoms with van der Waals surface area (Å²) in [5.74, 6) is 0. The second kappa shape index (κ2) is 7.18. The number of aromatic amines is 1. The smallest absolute Gasteiger partial charge is 0.330 e. The topological polar surface area (TPSA) is 99.3 Å². The second-order valence-corrected chi connectivity index (χ2v) is 13.1. The highest BCUT2D eigenvalue weighted by atomic mass is 28.4. The number of nitrogens with zero attached hydrogens (tertiary/aromatic N) is 1. The van der Waals surface area contributed by atoms with Crippen LogP contribution in [0.25, 0.3) is 0 Å². The van der Waals surface area contributed by atoms with Crippen LogP contribution in [-0.4, -0.2) is 36.6 Å². The summed E-state index contributed by atoms with van der Waals surface area (Å²) in [5, 5.41) is 0.0871. The van der Waals surface area contributed by atoms with Gasteiger partial charge in [-0.05, 0) is 38.0 Å². The monoisotopic (exact) mass is 369 g/mol. The Morgan fingerprint density at radius 2 is 2.04 bits per heavy atom. The number of ether oxygens (including phenoxy) is 1. The number of aryl methyl sites for hydroxylation is 1. The highest BCUT2D eigenvalue weighted by molar-refractivity contribution is 6.74. The van der Waals surface area contributed by atoms with Gasteiger partial charge < -0.3 is 14.9 Å². The van der Waals surface area contributed by atoms with Gasteiger partial charge in [0.1, 0.15) is 6.23 Å². The Balaban J connectivity index is 2.27. The highest BCUT2D eigenvalue weighted by Gasteiger charge is 2.44. The molecule has 25 heavy (non-hydrogen) atoms. The number of H-pyrrole nitrogens is 1. The predicted molar refractivity (Wildman–Crippen MR) is 100 cm³/mol. The fraction of sp³-hybridized carbons (Fsp3) is 0.765. The minimum atomic E-state index is -1.97. The molecular formula is C17H31N3O4Si. The first-order valence-corrected chi connectivity index (χ1v) is 11.7. The fourth-order valence-corrected chi connectivity index (χ4v) is 4.13. The molecule has 142 valence electrons. The molecule has 2 heterocycles. The van der Waals surface area contributed by atoms with Crippen molar-refractivity contribution in [3.05, 3.63) is 32.6 Å². The molecule has 3 atom stereocenters. The predicted octanol–water partition coefficient (Wildman–Crippen LogP) is 1.87. The second-order valence-electron chi connectivity index (χ2n) is 8.34. The summed E-state index contributed by atoms with van der Waals surface area (Å²) in [6.07, 6.45) is 2.10. The average Bonchev–Trinajstić information content (AvgIpc) is 2.84. The van der Waals surface area contributed by atoms with Crippen LogP contribution < -0.4 is 17.0 Å². The molecule has 1 aliphatic heterocycles. The summed E-state index contributed by atoms with van der Waals surface area (Å²) in [6, 6.07) is 0. The summed E-state index contributed by atoms with van der Waals surface area (Å²) < 4.78 is 14.1. The van der Waals surface area contributed by atoms with Crippen molar-refractivity contribution in [2.45, 2.75) is 77.1 Å². The molecule has 1 aromatic rings. The van der Waals surface area contributed by atoms with Crippen molar-refractivity contribution in [2.24, 2.45) is 5.73 Å². The van der Waals surface area contributed by atoms with Crippen molar-refractivity contribution >= 4 is 8.32 Å². The Bertz CT molecular complexity index is 720. The highest BCUT2D eigenvalue weighted by Crippen LogP contribution is 2.41. The Labute approximate surface area is 149 Å². The summed E-state index contributed by atoms with van der Waals surface area (Å²) in [7, 11) is -1.97. The zero-order chi connectivity index (χ0) is 19.0. The van der Waals surface area contributed by atoms with Crippen LogP contribution in [0, 0.1) is 6.92 Å². The maximum absolute atomic E-state index is 12.2. The normalized spacial score (nSPS) is 24.7. The van der Waals surface area contributed by atoms with Gasteiger partial charge in [0, 0.05) is 18.2 Å². The Morgan fingerprint density at radius 3 is 2.60 bits per heavy atom. The number of hydrogen-bond donors (Lipinski definition) is 2. The first kappa shape index (κ1) is 20.1. The van der Waals surface area contributed by atoms with Gasteiger partial charge in [0.25, 0.3) is 5.56 Å². The molecule has 1 aromatic heterocycles. The molecule has 0 aromatic carbocycles. The van der Waals surface area contributed by atoms with Crippen molar-refractivity contribution in [2.75, 3.05) is 6.54 Å². The van der Waals surface area contributed by atoms with E-state index < -0.39 is 20.2 Å². The SMILES string of the molecule is Cc1cn([C@H]2C[C@H](O[Si](C)(C)C(C)(C)C)[C@@H](CCN)O2)c(=O)[nH]c1=O. The van der Waals surface area contributed by atoms with Gasteiger partial charge in [0.05, 0.1) is 12.2 Å². The van der Waals surface area contributed by atoms with E-state index in [1.807, 2.05) is 0 Å². The van der Waals surface area contributed by atoms with Gasteiger partial charge in [-0.25, -0.2) is 4.79 Å². The third kappa shape index (κ3) is 4.31. The molecule has 0 radical (unpaired) electrons. The van der Waals surface area contributed by atoms with Crippen molar-refractivity contribution in [1.29, 1.82) is 0 Å². The standard InChI is InChI=1S/C17H31N3O4Si/c1-11-10-20(16(22)19-15(11)21)14-9-13(12(23-14)7-8-18)24-25(5,6)17(2,3)4/h10,12-14H,7-9,18H2,1-6H3,(H,19,21,22)/t12-,13+,14-/m1/s1. The van der Waals surface area contributed by atoms with Gasteiger partial charge in [0.15, 0.2) is 8.32 Å². The first-order valence-electron chi connectivity index (χ1n) is 8.81. The van der Waals surface area contributed by atoms with E-state index in [2.05, 4.69) is 38.8 Å². The van der Waals surface area contributed by atoms with Crippen LogP contribution in [0.5, 0.6) is 0 Å². The third-order valence-corrected chi connectivity index (χ3v) is 9.84. The third-order valence-electron chi connectivity index (χ3n) is 5.34. The molecule has 0 saturated carbocycles. The lowest BCUT2D eigenvalue weighted by Gasteiger charge is -2.39. The molecule has 1 saturated heterocycles. The first-order chi connectivity index (χ1) is 11.5. The molecule has 7 nitrogen and oxygen atoms in total. The van der Waals surface area contributed by atoms with Gasteiger partial charge >= 0.3 is 5.69 Å². The fourth-order valence-electron chi connectivity index (χ4n) is 2.77. The number of hydrogen-bond acceptors (Lipinski definition) is 5. The van der Waals surface area contributed by atoms with E-state index in [0.29, 0.717) is 24.9 Å².